The molecule has 6 heteroatoms. The van der Waals surface area contributed by atoms with Gasteiger partial charge in [-0.05, 0) is 38.4 Å². The molecule has 2 N–H and O–H groups in total. The Labute approximate surface area is 156 Å². The van der Waals surface area contributed by atoms with Crippen LogP contribution in [0.25, 0.3) is 0 Å². The Balaban J connectivity index is 0.00000264. The third-order valence-electron chi connectivity index (χ3n) is 4.26. The van der Waals surface area contributed by atoms with Gasteiger partial charge in [-0.1, -0.05) is 25.1 Å². The fourth-order valence-corrected chi connectivity index (χ4v) is 2.89. The number of nitrogens with one attached hydrogen (secondary N) is 2. The first-order valence-corrected chi connectivity index (χ1v) is 8.16. The number of aliphatic imine (C=N–C) groups is 1. The summed E-state index contributed by atoms with van der Waals surface area (Å²) in [5.41, 5.74) is 0.650. The number of halogens is 2. The minimum absolute atomic E-state index is 0. The summed E-state index contributed by atoms with van der Waals surface area (Å²) in [6.45, 7) is 5.92. The van der Waals surface area contributed by atoms with Crippen LogP contribution in [0, 0.1) is 5.82 Å². The van der Waals surface area contributed by atoms with Crippen molar-refractivity contribution in [2.75, 3.05) is 26.7 Å². The van der Waals surface area contributed by atoms with E-state index in [4.69, 9.17) is 0 Å². The van der Waals surface area contributed by atoms with Gasteiger partial charge in [-0.3, -0.25) is 9.89 Å². The highest BCUT2D eigenvalue weighted by molar-refractivity contribution is 14.0. The van der Waals surface area contributed by atoms with Crippen molar-refractivity contribution in [3.8, 4) is 0 Å². The van der Waals surface area contributed by atoms with Crippen LogP contribution in [0.5, 0.6) is 0 Å². The maximum atomic E-state index is 13.6. The van der Waals surface area contributed by atoms with Crippen molar-refractivity contribution in [3.63, 3.8) is 0 Å². The molecular formula is C17H28FIN4. The average molecular weight is 434 g/mol. The molecular weight excluding hydrogens is 406 g/mol. The van der Waals surface area contributed by atoms with Crippen LogP contribution in [0.15, 0.2) is 29.3 Å². The standard InChI is InChI=1S/C17H27FN4.HI/c1-3-15(22-10-6-7-11-22)13-21-17(19-2)20-12-14-8-4-5-9-16(14)18;/h4-5,8-9,15H,3,6-7,10-13H2,1-2H3,(H2,19,20,21);1H. The molecule has 1 heterocycles. The number of hydrogen-bond donors (Lipinski definition) is 2. The summed E-state index contributed by atoms with van der Waals surface area (Å²) < 4.78 is 13.6. The zero-order chi connectivity index (χ0) is 15.8. The minimum Gasteiger partial charge on any atom is -0.355 e. The summed E-state index contributed by atoms with van der Waals surface area (Å²) in [7, 11) is 1.74. The van der Waals surface area contributed by atoms with Gasteiger partial charge in [0.2, 0.25) is 0 Å². The number of hydrogen-bond acceptors (Lipinski definition) is 2. The van der Waals surface area contributed by atoms with Gasteiger partial charge in [0, 0.05) is 31.7 Å². The van der Waals surface area contributed by atoms with E-state index in [1.807, 2.05) is 6.07 Å². The highest BCUT2D eigenvalue weighted by atomic mass is 127. The monoisotopic (exact) mass is 434 g/mol. The van der Waals surface area contributed by atoms with Gasteiger partial charge in [-0.2, -0.15) is 0 Å². The molecule has 1 unspecified atom stereocenters. The van der Waals surface area contributed by atoms with E-state index in [0.717, 1.165) is 18.9 Å². The van der Waals surface area contributed by atoms with E-state index in [1.165, 1.54) is 32.0 Å². The molecule has 1 atom stereocenters. The quantitative estimate of drug-likeness (QED) is 0.411. The molecule has 1 aromatic rings. The van der Waals surface area contributed by atoms with Crippen molar-refractivity contribution < 1.29 is 4.39 Å². The van der Waals surface area contributed by atoms with Crippen molar-refractivity contribution in [2.24, 2.45) is 4.99 Å². The Hall–Kier alpha value is -0.890. The van der Waals surface area contributed by atoms with Crippen molar-refractivity contribution in [2.45, 2.75) is 38.8 Å². The Morgan fingerprint density at radius 1 is 1.26 bits per heavy atom. The van der Waals surface area contributed by atoms with E-state index in [-0.39, 0.29) is 29.8 Å². The Morgan fingerprint density at radius 2 is 1.96 bits per heavy atom. The largest absolute Gasteiger partial charge is 0.355 e. The van der Waals surface area contributed by atoms with E-state index >= 15 is 0 Å². The molecule has 0 amide bonds. The molecule has 0 saturated carbocycles. The summed E-state index contributed by atoms with van der Waals surface area (Å²) in [6.07, 6.45) is 3.73. The van der Waals surface area contributed by atoms with Crippen molar-refractivity contribution in [1.82, 2.24) is 15.5 Å². The zero-order valence-electron chi connectivity index (χ0n) is 14.0. The third-order valence-corrected chi connectivity index (χ3v) is 4.26. The molecule has 1 saturated heterocycles. The first-order chi connectivity index (χ1) is 10.7. The number of rotatable bonds is 6. The normalized spacial score (nSPS) is 16.7. The lowest BCUT2D eigenvalue weighted by molar-refractivity contribution is 0.236. The molecule has 1 fully saturated rings. The lowest BCUT2D eigenvalue weighted by atomic mass is 10.2. The van der Waals surface area contributed by atoms with Crippen LogP contribution >= 0.6 is 24.0 Å². The molecule has 4 nitrogen and oxygen atoms in total. The van der Waals surface area contributed by atoms with Crippen molar-refractivity contribution >= 4 is 29.9 Å². The van der Waals surface area contributed by atoms with Crippen LogP contribution in [0.3, 0.4) is 0 Å². The molecule has 2 rings (SSSR count). The second-order valence-corrected chi connectivity index (χ2v) is 5.70. The lowest BCUT2D eigenvalue weighted by Crippen LogP contribution is -2.46. The lowest BCUT2D eigenvalue weighted by Gasteiger charge is -2.27. The zero-order valence-corrected chi connectivity index (χ0v) is 16.3. The smallest absolute Gasteiger partial charge is 0.191 e. The van der Waals surface area contributed by atoms with Crippen LogP contribution in [-0.4, -0.2) is 43.6 Å². The van der Waals surface area contributed by atoms with Crippen molar-refractivity contribution in [3.05, 3.63) is 35.6 Å². The maximum absolute atomic E-state index is 13.6. The van der Waals surface area contributed by atoms with Crippen LogP contribution in [-0.2, 0) is 6.54 Å². The SMILES string of the molecule is CCC(CNC(=NC)NCc1ccccc1F)N1CCCC1.I. The predicted octanol–water partition coefficient (Wildman–Crippen LogP) is 2.98. The molecule has 0 radical (unpaired) electrons. The van der Waals surface area contributed by atoms with E-state index in [1.54, 1.807) is 19.2 Å². The van der Waals surface area contributed by atoms with E-state index in [2.05, 4.69) is 27.4 Å². The van der Waals surface area contributed by atoms with Gasteiger partial charge in [0.1, 0.15) is 5.82 Å². The molecule has 23 heavy (non-hydrogen) atoms. The Kier molecular flexibility index (Phi) is 9.47. The molecule has 0 aliphatic carbocycles. The Bertz CT molecular complexity index is 489. The second-order valence-electron chi connectivity index (χ2n) is 5.70. The van der Waals surface area contributed by atoms with Gasteiger partial charge in [-0.15, -0.1) is 24.0 Å². The molecule has 0 spiro atoms. The highest BCUT2D eigenvalue weighted by Gasteiger charge is 2.20. The first-order valence-electron chi connectivity index (χ1n) is 8.16. The highest BCUT2D eigenvalue weighted by Crippen LogP contribution is 2.13. The average Bonchev–Trinajstić information content (AvgIpc) is 3.06. The van der Waals surface area contributed by atoms with Gasteiger partial charge in [0.25, 0.3) is 0 Å². The summed E-state index contributed by atoms with van der Waals surface area (Å²) in [4.78, 5) is 6.76. The predicted molar refractivity (Wildman–Crippen MR) is 105 cm³/mol. The van der Waals surface area contributed by atoms with Gasteiger partial charge in [0.05, 0.1) is 0 Å². The van der Waals surface area contributed by atoms with Crippen LogP contribution in [0.1, 0.15) is 31.7 Å². The second kappa shape index (κ2) is 10.8. The van der Waals surface area contributed by atoms with Crippen molar-refractivity contribution in [1.29, 1.82) is 0 Å². The van der Waals surface area contributed by atoms with Gasteiger partial charge >= 0.3 is 0 Å². The Morgan fingerprint density at radius 3 is 2.57 bits per heavy atom. The summed E-state index contributed by atoms with van der Waals surface area (Å²) >= 11 is 0. The van der Waals surface area contributed by atoms with Gasteiger partial charge < -0.3 is 10.6 Å². The van der Waals surface area contributed by atoms with E-state index in [9.17, 15) is 4.39 Å². The number of benzene rings is 1. The van der Waals surface area contributed by atoms with E-state index < -0.39 is 0 Å². The summed E-state index contributed by atoms with van der Waals surface area (Å²) in [6, 6.07) is 7.35. The molecule has 0 bridgehead atoms. The number of guanidine groups is 1. The maximum Gasteiger partial charge on any atom is 0.191 e. The fourth-order valence-electron chi connectivity index (χ4n) is 2.89. The first kappa shape index (κ1) is 20.2. The molecule has 1 aliphatic heterocycles. The third kappa shape index (κ3) is 6.25. The number of likely N-dealkylation sites (tertiary alicyclic amines) is 1. The molecule has 1 aromatic carbocycles. The molecule has 130 valence electrons. The number of nitrogens with zero attached hydrogens (tertiary/aromatic N) is 2. The van der Waals surface area contributed by atoms with Crippen LogP contribution in [0.4, 0.5) is 4.39 Å². The summed E-state index contributed by atoms with van der Waals surface area (Å²) in [5.74, 6) is 0.537. The van der Waals surface area contributed by atoms with Crippen LogP contribution < -0.4 is 10.6 Å². The fraction of sp³-hybridized carbons (Fsp3) is 0.588. The van der Waals surface area contributed by atoms with Crippen LogP contribution in [0.2, 0.25) is 0 Å². The minimum atomic E-state index is -0.186. The van der Waals surface area contributed by atoms with E-state index in [0.29, 0.717) is 18.2 Å². The van der Waals surface area contributed by atoms with Gasteiger partial charge in [0.15, 0.2) is 5.96 Å². The van der Waals surface area contributed by atoms with Gasteiger partial charge in [-0.25, -0.2) is 4.39 Å². The topological polar surface area (TPSA) is 39.7 Å². The molecule has 1 aliphatic rings. The molecule has 0 aromatic heterocycles. The summed E-state index contributed by atoms with van der Waals surface area (Å²) in [5, 5.41) is 6.54.